The third-order valence-corrected chi connectivity index (χ3v) is 2.84. The van der Waals surface area contributed by atoms with Gasteiger partial charge in [0.15, 0.2) is 5.82 Å². The molecule has 1 rings (SSSR count). The average molecular weight is 259 g/mol. The van der Waals surface area contributed by atoms with Crippen molar-refractivity contribution in [1.82, 2.24) is 9.97 Å². The fraction of sp³-hybridized carbons (Fsp3) is 0.500. The lowest BCUT2D eigenvalue weighted by atomic mass is 10.1. The van der Waals surface area contributed by atoms with Crippen LogP contribution in [-0.2, 0) is 0 Å². The Morgan fingerprint density at radius 1 is 1.47 bits per heavy atom. The van der Waals surface area contributed by atoms with Crippen molar-refractivity contribution < 1.29 is 0 Å². The van der Waals surface area contributed by atoms with E-state index in [2.05, 4.69) is 40.8 Å². The summed E-state index contributed by atoms with van der Waals surface area (Å²) in [6.45, 7) is 8.78. The SMILES string of the molecule is CCC(C)C#C/C=N/N(CC)c1ncnc(N)c1C. The van der Waals surface area contributed by atoms with Crippen LogP contribution >= 0.6 is 0 Å². The maximum absolute atomic E-state index is 5.77. The Kier molecular flexibility index (Phi) is 5.80. The molecule has 0 saturated heterocycles. The van der Waals surface area contributed by atoms with Crippen LogP contribution in [0.1, 0.15) is 32.8 Å². The third-order valence-electron chi connectivity index (χ3n) is 2.84. The van der Waals surface area contributed by atoms with Crippen molar-refractivity contribution in [3.8, 4) is 11.8 Å². The minimum atomic E-state index is 0.387. The highest BCUT2D eigenvalue weighted by molar-refractivity contribution is 5.79. The van der Waals surface area contributed by atoms with E-state index in [0.29, 0.717) is 18.3 Å². The third kappa shape index (κ3) is 4.25. The molecule has 0 saturated carbocycles. The van der Waals surface area contributed by atoms with Crippen LogP contribution in [0.2, 0.25) is 0 Å². The van der Waals surface area contributed by atoms with Gasteiger partial charge >= 0.3 is 0 Å². The molecule has 1 atom stereocenters. The van der Waals surface area contributed by atoms with Crippen LogP contribution in [0.4, 0.5) is 11.6 Å². The molecule has 0 amide bonds. The molecular formula is C14H21N5. The highest BCUT2D eigenvalue weighted by Gasteiger charge is 2.09. The van der Waals surface area contributed by atoms with Gasteiger partial charge in [0.2, 0.25) is 0 Å². The van der Waals surface area contributed by atoms with Gasteiger partial charge in [0, 0.05) is 18.0 Å². The monoisotopic (exact) mass is 259 g/mol. The van der Waals surface area contributed by atoms with Crippen molar-refractivity contribution in [3.05, 3.63) is 11.9 Å². The molecule has 5 heteroatoms. The topological polar surface area (TPSA) is 67.4 Å². The largest absolute Gasteiger partial charge is 0.383 e. The molecule has 0 bridgehead atoms. The van der Waals surface area contributed by atoms with E-state index in [1.165, 1.54) is 6.33 Å². The summed E-state index contributed by atoms with van der Waals surface area (Å²) in [7, 11) is 0. The zero-order valence-electron chi connectivity index (χ0n) is 12.0. The summed E-state index contributed by atoms with van der Waals surface area (Å²) in [5, 5.41) is 6.07. The van der Waals surface area contributed by atoms with E-state index in [0.717, 1.165) is 17.8 Å². The summed E-state index contributed by atoms with van der Waals surface area (Å²) in [6.07, 6.45) is 4.09. The predicted octanol–water partition coefficient (Wildman–Crippen LogP) is 2.23. The summed E-state index contributed by atoms with van der Waals surface area (Å²) < 4.78 is 0. The van der Waals surface area contributed by atoms with Crippen LogP contribution in [0.5, 0.6) is 0 Å². The Balaban J connectivity index is 2.86. The summed E-state index contributed by atoms with van der Waals surface area (Å²) >= 11 is 0. The average Bonchev–Trinajstić information content (AvgIpc) is 2.42. The molecule has 19 heavy (non-hydrogen) atoms. The first-order valence-corrected chi connectivity index (χ1v) is 6.48. The second-order valence-electron chi connectivity index (χ2n) is 4.27. The molecule has 102 valence electrons. The number of nitrogens with two attached hydrogens (primary N) is 1. The Morgan fingerprint density at radius 2 is 2.21 bits per heavy atom. The van der Waals surface area contributed by atoms with E-state index in [4.69, 9.17) is 5.73 Å². The number of hydrogen-bond donors (Lipinski definition) is 1. The Morgan fingerprint density at radius 3 is 2.84 bits per heavy atom. The maximum Gasteiger partial charge on any atom is 0.157 e. The van der Waals surface area contributed by atoms with E-state index < -0.39 is 0 Å². The number of hydrazone groups is 1. The molecular weight excluding hydrogens is 238 g/mol. The lowest BCUT2D eigenvalue weighted by Gasteiger charge is -2.17. The van der Waals surface area contributed by atoms with Gasteiger partial charge in [0.05, 0.1) is 6.21 Å². The van der Waals surface area contributed by atoms with Crippen molar-refractivity contribution in [2.24, 2.45) is 11.0 Å². The lowest BCUT2D eigenvalue weighted by Crippen LogP contribution is -2.18. The smallest absolute Gasteiger partial charge is 0.157 e. The van der Waals surface area contributed by atoms with E-state index in [-0.39, 0.29) is 0 Å². The van der Waals surface area contributed by atoms with Crippen LogP contribution in [0.15, 0.2) is 11.4 Å². The number of anilines is 2. The van der Waals surface area contributed by atoms with Crippen LogP contribution in [0, 0.1) is 24.7 Å². The minimum absolute atomic E-state index is 0.387. The molecule has 0 fully saturated rings. The zero-order valence-corrected chi connectivity index (χ0v) is 12.0. The number of nitrogen functional groups attached to an aromatic ring is 1. The molecule has 0 spiro atoms. The fourth-order valence-electron chi connectivity index (χ4n) is 1.38. The van der Waals surface area contributed by atoms with Gasteiger partial charge < -0.3 is 5.73 Å². The molecule has 1 unspecified atom stereocenters. The van der Waals surface area contributed by atoms with E-state index in [9.17, 15) is 0 Å². The maximum atomic E-state index is 5.77. The first kappa shape index (κ1) is 15.0. The molecule has 1 heterocycles. The molecule has 0 aliphatic rings. The first-order valence-electron chi connectivity index (χ1n) is 6.48. The van der Waals surface area contributed by atoms with E-state index in [1.807, 2.05) is 13.8 Å². The number of hydrogen-bond acceptors (Lipinski definition) is 5. The zero-order chi connectivity index (χ0) is 14.3. The van der Waals surface area contributed by atoms with Gasteiger partial charge in [-0.15, -0.1) is 0 Å². The second-order valence-corrected chi connectivity index (χ2v) is 4.27. The first-order chi connectivity index (χ1) is 9.10. The van der Waals surface area contributed by atoms with Gasteiger partial charge in [-0.2, -0.15) is 5.10 Å². The number of nitrogens with zero attached hydrogens (tertiary/aromatic N) is 4. The van der Waals surface area contributed by atoms with Crippen LogP contribution in [0.25, 0.3) is 0 Å². The van der Waals surface area contributed by atoms with Gasteiger partial charge in [0.25, 0.3) is 0 Å². The van der Waals surface area contributed by atoms with Crippen LogP contribution in [0.3, 0.4) is 0 Å². The molecule has 1 aromatic heterocycles. The summed E-state index contributed by atoms with van der Waals surface area (Å²) in [4.78, 5) is 8.16. The fourth-order valence-corrected chi connectivity index (χ4v) is 1.38. The summed E-state index contributed by atoms with van der Waals surface area (Å²) in [6, 6.07) is 0. The van der Waals surface area contributed by atoms with Crippen molar-refractivity contribution in [3.63, 3.8) is 0 Å². The van der Waals surface area contributed by atoms with Crippen molar-refractivity contribution in [1.29, 1.82) is 0 Å². The second kappa shape index (κ2) is 7.37. The molecule has 2 N–H and O–H groups in total. The highest BCUT2D eigenvalue weighted by atomic mass is 15.5. The predicted molar refractivity (Wildman–Crippen MR) is 79.9 cm³/mol. The quantitative estimate of drug-likeness (QED) is 0.511. The molecule has 1 aromatic rings. The van der Waals surface area contributed by atoms with Crippen molar-refractivity contribution in [2.75, 3.05) is 17.3 Å². The summed E-state index contributed by atoms with van der Waals surface area (Å²) in [5.41, 5.74) is 6.60. The Labute approximate surface area is 114 Å². The van der Waals surface area contributed by atoms with Gasteiger partial charge in [-0.3, -0.25) is 0 Å². The Bertz CT molecular complexity index is 498. The van der Waals surface area contributed by atoms with Gasteiger partial charge in [-0.25, -0.2) is 15.0 Å². The Hall–Kier alpha value is -2.09. The molecule has 0 aliphatic heterocycles. The minimum Gasteiger partial charge on any atom is -0.383 e. The number of aromatic nitrogens is 2. The van der Waals surface area contributed by atoms with E-state index >= 15 is 0 Å². The molecule has 5 nitrogen and oxygen atoms in total. The normalized spacial score (nSPS) is 12.0. The van der Waals surface area contributed by atoms with Crippen molar-refractivity contribution >= 4 is 17.9 Å². The summed E-state index contributed by atoms with van der Waals surface area (Å²) in [5.74, 6) is 7.63. The standard InChI is InChI=1S/C14H21N5/c1-5-11(3)8-7-9-18-19(6-2)14-12(4)13(15)16-10-17-14/h9-11H,5-6H2,1-4H3,(H2,15,16,17)/b18-9+. The van der Waals surface area contributed by atoms with E-state index in [1.54, 1.807) is 11.2 Å². The number of rotatable bonds is 4. The molecule has 0 aliphatic carbocycles. The van der Waals surface area contributed by atoms with Crippen LogP contribution in [-0.4, -0.2) is 22.7 Å². The van der Waals surface area contributed by atoms with Gasteiger partial charge in [0.1, 0.15) is 12.1 Å². The highest BCUT2D eigenvalue weighted by Crippen LogP contribution is 2.19. The lowest BCUT2D eigenvalue weighted by molar-refractivity contribution is 0.724. The van der Waals surface area contributed by atoms with Gasteiger partial charge in [-0.05, 0) is 20.3 Å². The molecule has 0 radical (unpaired) electrons. The van der Waals surface area contributed by atoms with Crippen molar-refractivity contribution in [2.45, 2.75) is 34.1 Å². The van der Waals surface area contributed by atoms with Crippen LogP contribution < -0.4 is 10.7 Å². The molecule has 0 aromatic carbocycles. The van der Waals surface area contributed by atoms with Gasteiger partial charge in [-0.1, -0.05) is 25.7 Å².